The van der Waals surface area contributed by atoms with Crippen molar-refractivity contribution in [2.24, 2.45) is 5.73 Å². The normalized spacial score (nSPS) is 21.2. The number of hydrogen-bond donors (Lipinski definition) is 1. The van der Waals surface area contributed by atoms with Crippen LogP contribution in [0.2, 0.25) is 0 Å². The molecule has 1 heterocycles. The minimum atomic E-state index is 0.364. The summed E-state index contributed by atoms with van der Waals surface area (Å²) < 4.78 is 5.42. The average molecular weight is 246 g/mol. The Labute approximate surface area is 104 Å². The lowest BCUT2D eigenvalue weighted by Gasteiger charge is -2.40. The predicted molar refractivity (Wildman–Crippen MR) is 72.1 cm³/mol. The highest BCUT2D eigenvalue weighted by Crippen LogP contribution is 2.33. The minimum Gasteiger partial charge on any atom is -0.385 e. The first kappa shape index (κ1) is 14.3. The zero-order valence-electron chi connectivity index (χ0n) is 10.7. The zero-order valence-corrected chi connectivity index (χ0v) is 11.5. The van der Waals surface area contributed by atoms with Gasteiger partial charge in [-0.15, -0.1) is 0 Å². The Hall–Kier alpha value is 0.230. The first-order valence-electron chi connectivity index (χ1n) is 6.23. The van der Waals surface area contributed by atoms with Gasteiger partial charge in [-0.25, -0.2) is 0 Å². The number of nitrogens with two attached hydrogens (primary N) is 1. The van der Waals surface area contributed by atoms with Crippen LogP contribution in [0, 0.1) is 0 Å². The molecule has 4 heteroatoms. The van der Waals surface area contributed by atoms with Gasteiger partial charge in [0, 0.05) is 25.0 Å². The Balaban J connectivity index is 2.16. The molecule has 96 valence electrons. The summed E-state index contributed by atoms with van der Waals surface area (Å²) in [7, 11) is 1.77. The van der Waals surface area contributed by atoms with Crippen molar-refractivity contribution in [2.75, 3.05) is 46.2 Å². The third-order valence-corrected chi connectivity index (χ3v) is 5.09. The monoisotopic (exact) mass is 246 g/mol. The maximum atomic E-state index is 5.88. The van der Waals surface area contributed by atoms with Crippen LogP contribution in [-0.2, 0) is 4.74 Å². The largest absolute Gasteiger partial charge is 0.385 e. The van der Waals surface area contributed by atoms with Crippen LogP contribution in [0.15, 0.2) is 0 Å². The van der Waals surface area contributed by atoms with E-state index in [0.717, 1.165) is 13.2 Å². The maximum Gasteiger partial charge on any atom is 0.0462 e. The quantitative estimate of drug-likeness (QED) is 0.692. The maximum absolute atomic E-state index is 5.88. The molecule has 1 aliphatic rings. The van der Waals surface area contributed by atoms with Crippen molar-refractivity contribution in [1.29, 1.82) is 0 Å². The van der Waals surface area contributed by atoms with Gasteiger partial charge in [-0.1, -0.05) is 0 Å². The molecule has 0 aromatic heterocycles. The summed E-state index contributed by atoms with van der Waals surface area (Å²) in [6.07, 6.45) is 7.12. The molecule has 16 heavy (non-hydrogen) atoms. The van der Waals surface area contributed by atoms with E-state index in [9.17, 15) is 0 Å². The van der Waals surface area contributed by atoms with E-state index in [1.807, 2.05) is 11.8 Å². The molecule has 0 spiro atoms. The van der Waals surface area contributed by atoms with Crippen molar-refractivity contribution in [2.45, 2.75) is 30.4 Å². The lowest BCUT2D eigenvalue weighted by molar-refractivity contribution is 0.170. The molecular weight excluding hydrogens is 220 g/mol. The number of rotatable bonds is 7. The van der Waals surface area contributed by atoms with Crippen LogP contribution in [0.1, 0.15) is 25.7 Å². The molecule has 0 aromatic carbocycles. The second-order valence-corrected chi connectivity index (χ2v) is 5.91. The molecule has 0 unspecified atom stereocenters. The van der Waals surface area contributed by atoms with Gasteiger partial charge in [0.1, 0.15) is 0 Å². The Kier molecular flexibility index (Phi) is 6.73. The Morgan fingerprint density at radius 3 is 2.50 bits per heavy atom. The van der Waals surface area contributed by atoms with E-state index in [2.05, 4.69) is 11.2 Å². The van der Waals surface area contributed by atoms with Gasteiger partial charge in [-0.05, 0) is 51.6 Å². The topological polar surface area (TPSA) is 38.5 Å². The molecule has 0 bridgehead atoms. The van der Waals surface area contributed by atoms with Gasteiger partial charge in [0.05, 0.1) is 0 Å². The number of unbranched alkanes of at least 4 members (excludes halogenated alkanes) is 1. The van der Waals surface area contributed by atoms with E-state index in [1.54, 1.807) is 7.11 Å². The van der Waals surface area contributed by atoms with E-state index >= 15 is 0 Å². The number of nitrogens with zero attached hydrogens (tertiary/aromatic N) is 1. The van der Waals surface area contributed by atoms with Gasteiger partial charge in [0.25, 0.3) is 0 Å². The molecule has 1 saturated heterocycles. The van der Waals surface area contributed by atoms with E-state index in [4.69, 9.17) is 10.5 Å². The summed E-state index contributed by atoms with van der Waals surface area (Å²) >= 11 is 1.96. The van der Waals surface area contributed by atoms with Crippen molar-refractivity contribution in [3.63, 3.8) is 0 Å². The molecule has 0 amide bonds. The highest BCUT2D eigenvalue weighted by atomic mass is 32.2. The standard InChI is InChI=1S/C12H26N2OS/c1-15-10-4-3-7-14-8-5-12(11-13,16-2)6-9-14/h3-11,13H2,1-2H3. The summed E-state index contributed by atoms with van der Waals surface area (Å²) in [4.78, 5) is 2.57. The van der Waals surface area contributed by atoms with Crippen LogP contribution in [0.3, 0.4) is 0 Å². The van der Waals surface area contributed by atoms with Crippen molar-refractivity contribution in [3.05, 3.63) is 0 Å². The number of methoxy groups -OCH3 is 1. The highest BCUT2D eigenvalue weighted by molar-refractivity contribution is 8.00. The molecule has 0 saturated carbocycles. The SMILES string of the molecule is COCCCCN1CCC(CN)(SC)CC1. The van der Waals surface area contributed by atoms with Gasteiger partial charge < -0.3 is 15.4 Å². The van der Waals surface area contributed by atoms with E-state index in [-0.39, 0.29) is 0 Å². The molecule has 0 radical (unpaired) electrons. The van der Waals surface area contributed by atoms with Crippen molar-refractivity contribution < 1.29 is 4.74 Å². The van der Waals surface area contributed by atoms with E-state index in [1.165, 1.54) is 45.3 Å². The summed E-state index contributed by atoms with van der Waals surface area (Å²) in [5.41, 5.74) is 5.88. The molecule has 0 aliphatic carbocycles. The van der Waals surface area contributed by atoms with Gasteiger partial charge in [0.2, 0.25) is 0 Å². The summed E-state index contributed by atoms with van der Waals surface area (Å²) in [5, 5.41) is 0. The van der Waals surface area contributed by atoms with Gasteiger partial charge in [-0.3, -0.25) is 0 Å². The lowest BCUT2D eigenvalue weighted by Crippen LogP contribution is -2.46. The number of hydrogen-bond acceptors (Lipinski definition) is 4. The number of piperidine rings is 1. The van der Waals surface area contributed by atoms with Crippen molar-refractivity contribution in [1.82, 2.24) is 4.90 Å². The summed E-state index contributed by atoms with van der Waals surface area (Å²) in [6.45, 7) is 5.37. The Bertz CT molecular complexity index is 176. The van der Waals surface area contributed by atoms with Crippen LogP contribution in [0.5, 0.6) is 0 Å². The Morgan fingerprint density at radius 1 is 1.31 bits per heavy atom. The molecule has 1 aliphatic heterocycles. The fraction of sp³-hybridized carbons (Fsp3) is 1.00. The van der Waals surface area contributed by atoms with Crippen molar-refractivity contribution in [3.8, 4) is 0 Å². The third kappa shape index (κ3) is 4.24. The van der Waals surface area contributed by atoms with E-state index < -0.39 is 0 Å². The zero-order chi connectivity index (χ0) is 11.9. The van der Waals surface area contributed by atoms with Crippen LogP contribution in [-0.4, -0.2) is 55.8 Å². The fourth-order valence-corrected chi connectivity index (χ4v) is 3.02. The second kappa shape index (κ2) is 7.54. The number of thioether (sulfide) groups is 1. The lowest BCUT2D eigenvalue weighted by atomic mass is 9.95. The second-order valence-electron chi connectivity index (χ2n) is 4.63. The molecular formula is C12H26N2OS. The van der Waals surface area contributed by atoms with Gasteiger partial charge >= 0.3 is 0 Å². The van der Waals surface area contributed by atoms with Crippen LogP contribution >= 0.6 is 11.8 Å². The molecule has 3 nitrogen and oxygen atoms in total. The molecule has 1 rings (SSSR count). The molecule has 2 N–H and O–H groups in total. The fourth-order valence-electron chi connectivity index (χ4n) is 2.26. The first-order chi connectivity index (χ1) is 7.76. The number of likely N-dealkylation sites (tertiary alicyclic amines) is 1. The average Bonchev–Trinajstić information content (AvgIpc) is 2.36. The van der Waals surface area contributed by atoms with Crippen LogP contribution < -0.4 is 5.73 Å². The van der Waals surface area contributed by atoms with Crippen molar-refractivity contribution >= 4 is 11.8 Å². The highest BCUT2D eigenvalue weighted by Gasteiger charge is 2.32. The van der Waals surface area contributed by atoms with Gasteiger partial charge in [0.15, 0.2) is 0 Å². The minimum absolute atomic E-state index is 0.364. The Morgan fingerprint density at radius 2 is 2.00 bits per heavy atom. The summed E-state index contributed by atoms with van der Waals surface area (Å²) in [5.74, 6) is 0. The smallest absolute Gasteiger partial charge is 0.0462 e. The number of ether oxygens (including phenoxy) is 1. The molecule has 1 fully saturated rings. The van der Waals surface area contributed by atoms with Crippen LogP contribution in [0.25, 0.3) is 0 Å². The van der Waals surface area contributed by atoms with Crippen LogP contribution in [0.4, 0.5) is 0 Å². The summed E-state index contributed by atoms with van der Waals surface area (Å²) in [6, 6.07) is 0. The predicted octanol–water partition coefficient (Wildman–Crippen LogP) is 1.57. The molecule has 0 aromatic rings. The first-order valence-corrected chi connectivity index (χ1v) is 7.45. The third-order valence-electron chi connectivity index (χ3n) is 3.65. The molecule has 0 atom stereocenters. The van der Waals surface area contributed by atoms with E-state index in [0.29, 0.717) is 4.75 Å². The van der Waals surface area contributed by atoms with Gasteiger partial charge in [-0.2, -0.15) is 11.8 Å².